The lowest BCUT2D eigenvalue weighted by Crippen LogP contribution is -2.32. The average Bonchev–Trinajstić information content (AvgIpc) is 2.97. The van der Waals surface area contributed by atoms with E-state index in [0.29, 0.717) is 6.61 Å². The van der Waals surface area contributed by atoms with Gasteiger partial charge in [-0.25, -0.2) is 4.79 Å². The molecule has 1 N–H and O–H groups in total. The Morgan fingerprint density at radius 2 is 2.08 bits per heavy atom. The first-order valence-electron chi connectivity index (χ1n) is 8.18. The van der Waals surface area contributed by atoms with E-state index in [1.807, 2.05) is 6.92 Å². The van der Waals surface area contributed by atoms with Crippen LogP contribution in [-0.2, 0) is 4.74 Å². The minimum absolute atomic E-state index is 0.0158. The van der Waals surface area contributed by atoms with Gasteiger partial charge in [0.25, 0.3) is 0 Å². The van der Waals surface area contributed by atoms with Crippen molar-refractivity contribution in [2.24, 2.45) is 0 Å². The third kappa shape index (κ3) is 3.60. The van der Waals surface area contributed by atoms with Gasteiger partial charge in [-0.05, 0) is 60.1 Å². The van der Waals surface area contributed by atoms with Crippen molar-refractivity contribution in [1.82, 2.24) is 5.32 Å². The zero-order valence-electron chi connectivity index (χ0n) is 13.9. The lowest BCUT2D eigenvalue weighted by atomic mass is 9.94. The van der Waals surface area contributed by atoms with Crippen molar-refractivity contribution >= 4 is 35.2 Å². The lowest BCUT2D eigenvalue weighted by molar-refractivity contribution is 0.149. The van der Waals surface area contributed by atoms with Crippen molar-refractivity contribution in [2.75, 3.05) is 6.61 Å². The molecule has 1 aliphatic rings. The van der Waals surface area contributed by atoms with Crippen LogP contribution in [0.2, 0.25) is 0 Å². The van der Waals surface area contributed by atoms with Gasteiger partial charge < -0.3 is 10.1 Å². The Morgan fingerprint density at radius 3 is 2.92 bits per heavy atom. The maximum absolute atomic E-state index is 11.6. The molecule has 0 spiro atoms. The molecule has 1 aliphatic carbocycles. The number of hydrogen-bond acceptors (Lipinski definition) is 3. The Kier molecular flexibility index (Phi) is 5.16. The minimum atomic E-state index is -0.359. The molecule has 1 aromatic carbocycles. The van der Waals surface area contributed by atoms with Gasteiger partial charge in [-0.2, -0.15) is 0 Å². The number of nitrogens with one attached hydrogen (secondary N) is 1. The molecule has 1 amide bonds. The molecule has 124 valence electrons. The van der Waals surface area contributed by atoms with Gasteiger partial charge in [0.1, 0.15) is 0 Å². The molecular weight excluding hydrogens is 318 g/mol. The number of fused-ring (bicyclic) bond motifs is 2. The molecule has 1 atom stereocenters. The number of ether oxygens (including phenoxy) is 1. The maximum atomic E-state index is 11.6. The highest BCUT2D eigenvalue weighted by molar-refractivity contribution is 7.11. The first-order valence-corrected chi connectivity index (χ1v) is 9.05. The number of rotatable bonds is 4. The molecule has 0 saturated heterocycles. The molecule has 1 heterocycles. The van der Waals surface area contributed by atoms with Gasteiger partial charge >= 0.3 is 6.09 Å². The van der Waals surface area contributed by atoms with E-state index < -0.39 is 0 Å². The van der Waals surface area contributed by atoms with Crippen LogP contribution < -0.4 is 5.32 Å². The fourth-order valence-corrected chi connectivity index (χ4v) is 3.62. The van der Waals surface area contributed by atoms with Crippen LogP contribution in [0.15, 0.2) is 41.8 Å². The molecule has 0 radical (unpaired) electrons. The Bertz CT molecular complexity index is 788. The van der Waals surface area contributed by atoms with E-state index in [1.165, 1.54) is 27.1 Å². The summed E-state index contributed by atoms with van der Waals surface area (Å²) < 4.78 is 4.95. The van der Waals surface area contributed by atoms with E-state index in [4.69, 9.17) is 4.74 Å². The Labute approximate surface area is 146 Å². The predicted octanol–water partition coefficient (Wildman–Crippen LogP) is 5.19. The third-order valence-corrected chi connectivity index (χ3v) is 4.85. The second-order valence-electron chi connectivity index (χ2n) is 5.74. The van der Waals surface area contributed by atoms with E-state index >= 15 is 0 Å². The van der Waals surface area contributed by atoms with Crippen LogP contribution in [0, 0.1) is 0 Å². The van der Waals surface area contributed by atoms with E-state index in [1.54, 1.807) is 18.3 Å². The van der Waals surface area contributed by atoms with Crippen molar-refractivity contribution in [3.63, 3.8) is 0 Å². The smallest absolute Gasteiger partial charge is 0.407 e. The fourth-order valence-electron chi connectivity index (χ4n) is 2.82. The summed E-state index contributed by atoms with van der Waals surface area (Å²) in [4.78, 5) is 12.8. The van der Waals surface area contributed by atoms with Crippen LogP contribution in [-0.4, -0.2) is 18.7 Å². The molecule has 0 bridgehead atoms. The summed E-state index contributed by atoms with van der Waals surface area (Å²) in [7, 11) is 0. The Hall–Kier alpha value is -2.33. The van der Waals surface area contributed by atoms with Gasteiger partial charge in [0, 0.05) is 10.9 Å². The first kappa shape index (κ1) is 16.5. The molecule has 3 nitrogen and oxygen atoms in total. The molecule has 0 saturated carbocycles. The normalized spacial score (nSPS) is 15.3. The number of hydrogen-bond donors (Lipinski definition) is 1. The summed E-state index contributed by atoms with van der Waals surface area (Å²) in [5.74, 6) is 0. The van der Waals surface area contributed by atoms with Crippen molar-refractivity contribution < 1.29 is 9.53 Å². The summed E-state index contributed by atoms with van der Waals surface area (Å²) in [6, 6.07) is 10.6. The van der Waals surface area contributed by atoms with Gasteiger partial charge in [-0.1, -0.05) is 36.4 Å². The molecule has 2 aromatic rings. The van der Waals surface area contributed by atoms with Crippen LogP contribution in [0.5, 0.6) is 0 Å². The Balaban J connectivity index is 1.87. The molecule has 0 aliphatic heterocycles. The predicted molar refractivity (Wildman–Crippen MR) is 101 cm³/mol. The molecule has 1 aromatic heterocycles. The number of carbonyl (C=O) groups excluding carboxylic acids is 1. The highest BCUT2D eigenvalue weighted by atomic mass is 32.1. The van der Waals surface area contributed by atoms with Crippen LogP contribution in [0.4, 0.5) is 4.79 Å². The highest BCUT2D eigenvalue weighted by Gasteiger charge is 2.16. The lowest BCUT2D eigenvalue weighted by Gasteiger charge is -2.14. The van der Waals surface area contributed by atoms with Crippen molar-refractivity contribution in [3.8, 4) is 0 Å². The van der Waals surface area contributed by atoms with Crippen molar-refractivity contribution in [3.05, 3.63) is 63.4 Å². The third-order valence-electron chi connectivity index (χ3n) is 3.97. The Morgan fingerprint density at radius 1 is 1.25 bits per heavy atom. The summed E-state index contributed by atoms with van der Waals surface area (Å²) >= 11 is 1.75. The summed E-state index contributed by atoms with van der Waals surface area (Å²) in [5, 5.41) is 4.98. The van der Waals surface area contributed by atoms with Gasteiger partial charge in [0.15, 0.2) is 0 Å². The van der Waals surface area contributed by atoms with Gasteiger partial charge in [0.2, 0.25) is 0 Å². The van der Waals surface area contributed by atoms with E-state index in [0.717, 1.165) is 6.42 Å². The first-order chi connectivity index (χ1) is 11.7. The van der Waals surface area contributed by atoms with Crippen molar-refractivity contribution in [1.29, 1.82) is 0 Å². The van der Waals surface area contributed by atoms with E-state index in [-0.39, 0.29) is 12.1 Å². The maximum Gasteiger partial charge on any atom is 0.407 e. The zero-order chi connectivity index (χ0) is 16.9. The monoisotopic (exact) mass is 339 g/mol. The average molecular weight is 339 g/mol. The summed E-state index contributed by atoms with van der Waals surface area (Å²) in [6.45, 7) is 4.18. The van der Waals surface area contributed by atoms with E-state index in [2.05, 4.69) is 59.3 Å². The van der Waals surface area contributed by atoms with Crippen LogP contribution >= 0.6 is 11.3 Å². The summed E-state index contributed by atoms with van der Waals surface area (Å²) in [6.07, 6.45) is 6.96. The number of amides is 1. The number of benzene rings is 1. The van der Waals surface area contributed by atoms with Gasteiger partial charge in [-0.15, -0.1) is 11.3 Å². The quantitative estimate of drug-likeness (QED) is 0.710. The van der Waals surface area contributed by atoms with Crippen molar-refractivity contribution in [2.45, 2.75) is 26.3 Å². The second kappa shape index (κ2) is 7.49. The number of alkyl carbamates (subject to hydrolysis) is 1. The number of carbonyl (C=O) groups is 1. The van der Waals surface area contributed by atoms with Gasteiger partial charge in [-0.3, -0.25) is 0 Å². The van der Waals surface area contributed by atoms with Crippen LogP contribution in [0.3, 0.4) is 0 Å². The highest BCUT2D eigenvalue weighted by Crippen LogP contribution is 2.36. The topological polar surface area (TPSA) is 38.3 Å². The fraction of sp³-hybridized carbons (Fsp3) is 0.250. The zero-order valence-corrected chi connectivity index (χ0v) is 14.7. The van der Waals surface area contributed by atoms with E-state index in [9.17, 15) is 4.79 Å². The molecule has 0 fully saturated rings. The minimum Gasteiger partial charge on any atom is -0.450 e. The molecule has 24 heavy (non-hydrogen) atoms. The number of thiophene rings is 1. The molecule has 1 unspecified atom stereocenters. The van der Waals surface area contributed by atoms with Gasteiger partial charge in [0.05, 0.1) is 6.61 Å². The summed E-state index contributed by atoms with van der Waals surface area (Å²) in [5.41, 5.74) is 4.93. The standard InChI is InChI=1S/C20H21NO2S/c1-3-23-20(22)21-14(2)8-10-17-16-7-5-4-6-15(16)9-11-19-18(17)12-13-24-19/h4-7,9-14H,3,8H2,1-2H3,(H,21,22). The molecule has 4 heteroatoms. The van der Waals surface area contributed by atoms with Crippen LogP contribution in [0.25, 0.3) is 17.7 Å². The SMILES string of the molecule is CCOC(=O)NC(C)CC=C1c2ccccc2C=Cc2sccc21. The van der Waals surface area contributed by atoms with Crippen LogP contribution in [0.1, 0.15) is 41.8 Å². The molecular formula is C20H21NO2S. The molecule has 3 rings (SSSR count). The largest absolute Gasteiger partial charge is 0.450 e. The second-order valence-corrected chi connectivity index (χ2v) is 6.69.